The number of carbonyl (C=O) groups excluding carboxylic acids is 5. The van der Waals surface area contributed by atoms with Crippen LogP contribution >= 0.6 is 22.9 Å². The minimum absolute atomic E-state index is 0.0147. The van der Waals surface area contributed by atoms with Crippen molar-refractivity contribution in [3.05, 3.63) is 82.9 Å². The number of rotatable bonds is 11. The Balaban J connectivity index is 1.33. The zero-order valence-electron chi connectivity index (χ0n) is 23.6. The predicted octanol–water partition coefficient (Wildman–Crippen LogP) is 2.30. The summed E-state index contributed by atoms with van der Waals surface area (Å²) in [6, 6.07) is 16.7. The topological polar surface area (TPSA) is 175 Å². The highest BCUT2D eigenvalue weighted by atomic mass is 35.5. The maximum absolute atomic E-state index is 13.9. The Morgan fingerprint density at radius 3 is 2.38 bits per heavy atom. The number of alkyl halides is 1. The van der Waals surface area contributed by atoms with Crippen LogP contribution in [0.15, 0.2) is 71.2 Å². The van der Waals surface area contributed by atoms with Crippen molar-refractivity contribution in [1.29, 1.82) is 0 Å². The lowest BCUT2D eigenvalue weighted by atomic mass is 9.76. The van der Waals surface area contributed by atoms with Crippen LogP contribution in [-0.2, 0) is 43.2 Å². The Bertz CT molecular complexity index is 1580. The smallest absolute Gasteiger partial charge is 0.379 e. The molecule has 2 atom stereocenters. The molecule has 1 aromatic heterocycles. The zero-order valence-corrected chi connectivity index (χ0v) is 25.2. The van der Waals surface area contributed by atoms with Gasteiger partial charge in [-0.05, 0) is 16.4 Å². The molecule has 1 unspecified atom stereocenters. The molecule has 14 nitrogen and oxygen atoms in total. The molecule has 0 radical (unpaired) electrons. The molecule has 3 heterocycles. The molecule has 0 saturated carbocycles. The number of benzene rings is 2. The second-order valence-corrected chi connectivity index (χ2v) is 10.9. The second kappa shape index (κ2) is 13.8. The molecule has 2 fully saturated rings. The maximum atomic E-state index is 13.9. The molecule has 0 spiro atoms. The Labute approximate surface area is 265 Å². The van der Waals surface area contributed by atoms with E-state index in [9.17, 15) is 24.0 Å². The number of aromatic nitrogens is 1. The molecule has 3 aromatic rings. The number of esters is 1. The summed E-state index contributed by atoms with van der Waals surface area (Å²) in [5.74, 6) is -4.94. The molecule has 2 aromatic carbocycles. The van der Waals surface area contributed by atoms with Gasteiger partial charge in [0.15, 0.2) is 10.8 Å². The third-order valence-electron chi connectivity index (χ3n) is 6.89. The van der Waals surface area contributed by atoms with Gasteiger partial charge in [0, 0.05) is 18.2 Å². The van der Waals surface area contributed by atoms with E-state index in [1.807, 2.05) is 12.1 Å². The first-order valence-corrected chi connectivity index (χ1v) is 14.9. The number of carbonyl (C=O) groups is 5. The maximum Gasteiger partial charge on any atom is 0.379 e. The number of hydroxylamine groups is 2. The summed E-state index contributed by atoms with van der Waals surface area (Å²) in [6.45, 7) is -0.389. The number of nitrogens with one attached hydrogen (secondary N) is 2. The third kappa shape index (κ3) is 6.79. The number of hydrogen-bond donors (Lipinski definition) is 2. The normalized spacial score (nSPS) is 19.8. The molecule has 45 heavy (non-hydrogen) atoms. The summed E-state index contributed by atoms with van der Waals surface area (Å²) in [5, 5.41) is 10.6. The Morgan fingerprint density at radius 1 is 1.13 bits per heavy atom. The number of amides is 3. The van der Waals surface area contributed by atoms with E-state index in [4.69, 9.17) is 30.9 Å². The molecule has 0 aliphatic carbocycles. The van der Waals surface area contributed by atoms with Crippen molar-refractivity contribution in [2.75, 3.05) is 24.9 Å². The zero-order chi connectivity index (χ0) is 32.0. The summed E-state index contributed by atoms with van der Waals surface area (Å²) in [7, 11) is 1.21. The van der Waals surface area contributed by atoms with Gasteiger partial charge in [-0.3, -0.25) is 19.2 Å². The van der Waals surface area contributed by atoms with Gasteiger partial charge in [-0.25, -0.2) is 14.6 Å². The second-order valence-electron chi connectivity index (χ2n) is 9.76. The van der Waals surface area contributed by atoms with Crippen LogP contribution in [0.2, 0.25) is 0 Å². The lowest BCUT2D eigenvalue weighted by molar-refractivity contribution is -0.310. The molecule has 2 N–H and O–H groups in total. The van der Waals surface area contributed by atoms with E-state index in [1.165, 1.54) is 12.5 Å². The molecule has 0 bridgehead atoms. The Morgan fingerprint density at radius 2 is 1.80 bits per heavy atom. The van der Waals surface area contributed by atoms with E-state index in [0.29, 0.717) is 16.4 Å². The van der Waals surface area contributed by atoms with Crippen molar-refractivity contribution in [3.8, 4) is 0 Å². The predicted molar refractivity (Wildman–Crippen MR) is 159 cm³/mol. The quantitative estimate of drug-likeness (QED) is 0.135. The van der Waals surface area contributed by atoms with Gasteiger partial charge in [-0.1, -0.05) is 65.8 Å². The molecule has 3 amide bonds. The number of cyclic esters (lactones) is 1. The van der Waals surface area contributed by atoms with E-state index in [0.717, 1.165) is 11.3 Å². The van der Waals surface area contributed by atoms with Gasteiger partial charge in [0.25, 0.3) is 5.91 Å². The monoisotopic (exact) mass is 655 g/mol. The summed E-state index contributed by atoms with van der Waals surface area (Å²) >= 11 is 6.52. The minimum atomic E-state index is -1.82. The minimum Gasteiger partial charge on any atom is -0.446 e. The number of thiazole rings is 1. The highest BCUT2D eigenvalue weighted by Crippen LogP contribution is 2.45. The highest BCUT2D eigenvalue weighted by Gasteiger charge is 2.57. The highest BCUT2D eigenvalue weighted by molar-refractivity contribution is 7.14. The third-order valence-corrected chi connectivity index (χ3v) is 7.89. The molecule has 234 valence electrons. The molecule has 16 heteroatoms. The fourth-order valence-corrected chi connectivity index (χ4v) is 5.70. The van der Waals surface area contributed by atoms with Gasteiger partial charge in [0.1, 0.15) is 31.3 Å². The fraction of sp³-hybridized carbons (Fsp3) is 0.276. The summed E-state index contributed by atoms with van der Waals surface area (Å²) in [6.07, 6.45) is -0.0621. The summed E-state index contributed by atoms with van der Waals surface area (Å²) in [5.41, 5.74) is -0.687. The largest absolute Gasteiger partial charge is 0.446 e. The van der Waals surface area contributed by atoms with Gasteiger partial charge in [-0.2, -0.15) is 0 Å². The van der Waals surface area contributed by atoms with Crippen LogP contribution in [0.1, 0.15) is 35.6 Å². The summed E-state index contributed by atoms with van der Waals surface area (Å²) < 4.78 is 5.71. The fourth-order valence-electron chi connectivity index (χ4n) is 4.93. The van der Waals surface area contributed by atoms with Gasteiger partial charge in [0.2, 0.25) is 11.5 Å². The van der Waals surface area contributed by atoms with Crippen LogP contribution in [0.5, 0.6) is 0 Å². The van der Waals surface area contributed by atoms with Gasteiger partial charge in [-0.15, -0.1) is 22.9 Å². The molecule has 2 aliphatic rings. The van der Waals surface area contributed by atoms with Crippen molar-refractivity contribution in [2.45, 2.75) is 30.4 Å². The van der Waals surface area contributed by atoms with E-state index in [2.05, 4.69) is 20.8 Å². The number of nitrogens with zero attached hydrogens (tertiary/aromatic N) is 3. The van der Waals surface area contributed by atoms with Gasteiger partial charge in [0.05, 0.1) is 5.92 Å². The van der Waals surface area contributed by atoms with Crippen LogP contribution in [0.3, 0.4) is 0 Å². The Hall–Kier alpha value is -4.86. The van der Waals surface area contributed by atoms with E-state index < -0.39 is 47.2 Å². The number of ether oxygens (including phenoxy) is 1. The van der Waals surface area contributed by atoms with Crippen molar-refractivity contribution < 1.29 is 43.2 Å². The van der Waals surface area contributed by atoms with Crippen LogP contribution < -0.4 is 10.6 Å². The van der Waals surface area contributed by atoms with Crippen LogP contribution in [-0.4, -0.2) is 76.8 Å². The lowest BCUT2D eigenvalue weighted by Gasteiger charge is -2.34. The SMILES string of the molecule is CON=C(C(=O)N[C@H]1CON(OC(=O)C2(C(c3ccccc3)c3ccccc3)CCC(=O)O2)C1=O)c1csc(NC(=O)CCl)n1. The van der Waals surface area contributed by atoms with Gasteiger partial charge < -0.3 is 25.0 Å². The van der Waals surface area contributed by atoms with Crippen molar-refractivity contribution >= 4 is 63.4 Å². The first kappa shape index (κ1) is 31.6. The van der Waals surface area contributed by atoms with Crippen LogP contribution in [0.4, 0.5) is 5.13 Å². The van der Waals surface area contributed by atoms with Crippen LogP contribution in [0, 0.1) is 0 Å². The molecular weight excluding hydrogens is 630 g/mol. The van der Waals surface area contributed by atoms with E-state index in [1.54, 1.807) is 48.5 Å². The average molecular weight is 656 g/mol. The average Bonchev–Trinajstić information content (AvgIpc) is 3.77. The first-order chi connectivity index (χ1) is 21.8. The number of oxime groups is 1. The summed E-state index contributed by atoms with van der Waals surface area (Å²) in [4.78, 5) is 83.8. The van der Waals surface area contributed by atoms with Crippen molar-refractivity contribution in [2.24, 2.45) is 5.16 Å². The van der Waals surface area contributed by atoms with E-state index >= 15 is 0 Å². The molecule has 5 rings (SSSR count). The Kier molecular flexibility index (Phi) is 9.71. The molecule has 2 saturated heterocycles. The standard InChI is InChI=1S/C29H26ClN5O9S/c1-41-34-24(20-16-45-28(32-20)33-21(36)14-30)25(38)31-19-15-42-35(26(19)39)44-27(40)29(13-12-22(37)43-29)23(17-8-4-2-5-9-17)18-10-6-3-7-11-18/h2-11,16,19,23H,12-15H2,1H3,(H,31,38)(H,32,33,36)/t19-,29?/m0/s1. The van der Waals surface area contributed by atoms with Gasteiger partial charge >= 0.3 is 17.8 Å². The first-order valence-electron chi connectivity index (χ1n) is 13.5. The van der Waals surface area contributed by atoms with Crippen LogP contribution in [0.25, 0.3) is 0 Å². The molecule has 2 aliphatic heterocycles. The number of anilines is 1. The lowest BCUT2D eigenvalue weighted by Crippen LogP contribution is -2.50. The number of halogens is 1. The van der Waals surface area contributed by atoms with E-state index in [-0.39, 0.29) is 41.9 Å². The number of hydrogen-bond acceptors (Lipinski definition) is 12. The van der Waals surface area contributed by atoms with Crippen molar-refractivity contribution in [1.82, 2.24) is 15.5 Å². The molecular formula is C29H26ClN5O9S. The van der Waals surface area contributed by atoms with Crippen molar-refractivity contribution in [3.63, 3.8) is 0 Å².